The van der Waals surface area contributed by atoms with E-state index in [-0.39, 0.29) is 5.91 Å². The van der Waals surface area contributed by atoms with Crippen LogP contribution in [0.2, 0.25) is 0 Å². The number of halogens is 1. The van der Waals surface area contributed by atoms with Gasteiger partial charge in [0.1, 0.15) is 0 Å². The summed E-state index contributed by atoms with van der Waals surface area (Å²) in [4.78, 5) is 15.0. The molecule has 2 N–H and O–H groups in total. The number of fused-ring (bicyclic) bond motifs is 1. The summed E-state index contributed by atoms with van der Waals surface area (Å²) in [6.45, 7) is 0.631. The third-order valence-electron chi connectivity index (χ3n) is 2.98. The molecule has 0 radical (unpaired) electrons. The van der Waals surface area contributed by atoms with E-state index >= 15 is 0 Å². The minimum atomic E-state index is 0.139. The summed E-state index contributed by atoms with van der Waals surface area (Å²) in [5.41, 5.74) is 8.46. The highest BCUT2D eigenvalue weighted by atomic mass is 79.9. The quantitative estimate of drug-likeness (QED) is 0.863. The molecule has 1 aromatic heterocycles. The van der Waals surface area contributed by atoms with Gasteiger partial charge in [-0.25, -0.2) is 0 Å². The summed E-state index contributed by atoms with van der Waals surface area (Å²) in [5.74, 6) is 0.139. The molecule has 0 fully saturated rings. The molecule has 0 atom stereocenters. The second kappa shape index (κ2) is 4.40. The molecule has 0 bridgehead atoms. The number of hydrogen-bond acceptors (Lipinski definition) is 3. The van der Waals surface area contributed by atoms with Gasteiger partial charge in [-0.1, -0.05) is 0 Å². The maximum Gasteiger partial charge on any atom is 0.231 e. The highest BCUT2D eigenvalue weighted by molar-refractivity contribution is 9.11. The summed E-state index contributed by atoms with van der Waals surface area (Å²) in [6.07, 6.45) is 0.451. The predicted octanol–water partition coefficient (Wildman–Crippen LogP) is 3.18. The number of anilines is 2. The Labute approximate surface area is 117 Å². The molecule has 92 valence electrons. The van der Waals surface area contributed by atoms with Gasteiger partial charge in [0.2, 0.25) is 5.91 Å². The summed E-state index contributed by atoms with van der Waals surface area (Å²) in [7, 11) is 0. The van der Waals surface area contributed by atoms with Gasteiger partial charge < -0.3 is 10.6 Å². The predicted molar refractivity (Wildman–Crippen MR) is 77.8 cm³/mol. The van der Waals surface area contributed by atoms with E-state index in [1.54, 1.807) is 11.3 Å². The first-order chi connectivity index (χ1) is 8.63. The van der Waals surface area contributed by atoms with Crippen LogP contribution in [0.4, 0.5) is 11.4 Å². The standard InChI is InChI=1S/C13H11BrN2OS/c14-12-4-2-10(18-12)7-16-11-3-1-9(15)5-8(11)6-13(16)17/h1-5H,6-7,15H2. The molecule has 2 aromatic rings. The number of nitrogen functional groups attached to an aromatic ring is 1. The van der Waals surface area contributed by atoms with Gasteiger partial charge in [-0.3, -0.25) is 4.79 Å². The van der Waals surface area contributed by atoms with Crippen molar-refractivity contribution in [3.63, 3.8) is 0 Å². The van der Waals surface area contributed by atoms with Crippen LogP contribution in [0.1, 0.15) is 10.4 Å². The molecule has 0 saturated carbocycles. The number of hydrogen-bond donors (Lipinski definition) is 1. The molecule has 3 rings (SSSR count). The van der Waals surface area contributed by atoms with Gasteiger partial charge in [0.05, 0.1) is 16.8 Å². The molecular formula is C13H11BrN2OS. The van der Waals surface area contributed by atoms with Crippen molar-refractivity contribution in [2.45, 2.75) is 13.0 Å². The van der Waals surface area contributed by atoms with Crippen LogP contribution >= 0.6 is 27.3 Å². The van der Waals surface area contributed by atoms with Crippen molar-refractivity contribution in [2.24, 2.45) is 0 Å². The number of thiophene rings is 1. The van der Waals surface area contributed by atoms with Gasteiger partial charge in [0.15, 0.2) is 0 Å². The van der Waals surface area contributed by atoms with Crippen LogP contribution in [0.5, 0.6) is 0 Å². The second-order valence-corrected chi connectivity index (χ2v) is 6.80. The van der Waals surface area contributed by atoms with Crippen LogP contribution in [0.15, 0.2) is 34.1 Å². The van der Waals surface area contributed by atoms with Crippen molar-refractivity contribution in [1.29, 1.82) is 0 Å². The van der Waals surface area contributed by atoms with Gasteiger partial charge >= 0.3 is 0 Å². The van der Waals surface area contributed by atoms with E-state index in [1.165, 1.54) is 4.88 Å². The highest BCUT2D eigenvalue weighted by Gasteiger charge is 2.27. The van der Waals surface area contributed by atoms with Crippen LogP contribution in [-0.4, -0.2) is 5.91 Å². The Balaban J connectivity index is 1.92. The van der Waals surface area contributed by atoms with Crippen LogP contribution < -0.4 is 10.6 Å². The van der Waals surface area contributed by atoms with Crippen molar-refractivity contribution in [1.82, 2.24) is 0 Å². The van der Waals surface area contributed by atoms with E-state index in [1.807, 2.05) is 35.2 Å². The van der Waals surface area contributed by atoms with Gasteiger partial charge in [-0.15, -0.1) is 11.3 Å². The number of nitrogens with two attached hydrogens (primary N) is 1. The molecule has 0 saturated heterocycles. The molecule has 1 aliphatic rings. The van der Waals surface area contributed by atoms with Crippen molar-refractivity contribution < 1.29 is 4.79 Å². The van der Waals surface area contributed by atoms with Crippen LogP contribution in [0.3, 0.4) is 0 Å². The van der Waals surface area contributed by atoms with Crippen molar-refractivity contribution in [3.8, 4) is 0 Å². The Morgan fingerprint density at radius 3 is 2.89 bits per heavy atom. The van der Waals surface area contributed by atoms with Crippen LogP contribution in [0.25, 0.3) is 0 Å². The normalized spacial score (nSPS) is 14.1. The fraction of sp³-hybridized carbons (Fsp3) is 0.154. The maximum absolute atomic E-state index is 12.0. The molecule has 3 nitrogen and oxygen atoms in total. The van der Waals surface area contributed by atoms with E-state index in [9.17, 15) is 4.79 Å². The molecule has 1 amide bonds. The van der Waals surface area contributed by atoms with E-state index in [0.29, 0.717) is 18.7 Å². The number of rotatable bonds is 2. The Bertz CT molecular complexity index is 623. The molecule has 5 heteroatoms. The average Bonchev–Trinajstić information content (AvgIpc) is 2.84. The number of benzene rings is 1. The number of nitrogens with zero attached hydrogens (tertiary/aromatic N) is 1. The third kappa shape index (κ3) is 2.04. The molecule has 0 unspecified atom stereocenters. The first kappa shape index (κ1) is 11.7. The monoisotopic (exact) mass is 322 g/mol. The lowest BCUT2D eigenvalue weighted by Crippen LogP contribution is -2.25. The fourth-order valence-corrected chi connectivity index (χ4v) is 3.64. The number of carbonyl (C=O) groups is 1. The summed E-state index contributed by atoms with van der Waals surface area (Å²) in [5, 5.41) is 0. The molecule has 1 aromatic carbocycles. The lowest BCUT2D eigenvalue weighted by Gasteiger charge is -2.16. The third-order valence-corrected chi connectivity index (χ3v) is 4.59. The van der Waals surface area contributed by atoms with Crippen molar-refractivity contribution >= 4 is 44.5 Å². The first-order valence-electron chi connectivity index (χ1n) is 5.56. The van der Waals surface area contributed by atoms with Crippen molar-refractivity contribution in [2.75, 3.05) is 10.6 Å². The zero-order chi connectivity index (χ0) is 12.7. The lowest BCUT2D eigenvalue weighted by atomic mass is 10.1. The van der Waals surface area contributed by atoms with Gasteiger partial charge in [0.25, 0.3) is 0 Å². The van der Waals surface area contributed by atoms with Gasteiger partial charge in [-0.2, -0.15) is 0 Å². The largest absolute Gasteiger partial charge is 0.399 e. The van der Waals surface area contributed by atoms with E-state index in [2.05, 4.69) is 15.9 Å². The first-order valence-corrected chi connectivity index (χ1v) is 7.17. The number of amides is 1. The Hall–Kier alpha value is -1.33. The minimum Gasteiger partial charge on any atom is -0.399 e. The zero-order valence-corrected chi connectivity index (χ0v) is 11.9. The van der Waals surface area contributed by atoms with Gasteiger partial charge in [-0.05, 0) is 51.8 Å². The highest BCUT2D eigenvalue weighted by Crippen LogP contribution is 2.33. The summed E-state index contributed by atoms with van der Waals surface area (Å²) >= 11 is 5.09. The summed E-state index contributed by atoms with van der Waals surface area (Å²) in [6, 6.07) is 9.70. The molecule has 2 heterocycles. The molecule has 0 spiro atoms. The lowest BCUT2D eigenvalue weighted by molar-refractivity contribution is -0.117. The smallest absolute Gasteiger partial charge is 0.231 e. The Morgan fingerprint density at radius 2 is 2.17 bits per heavy atom. The summed E-state index contributed by atoms with van der Waals surface area (Å²) < 4.78 is 1.08. The average molecular weight is 323 g/mol. The van der Waals surface area contributed by atoms with Gasteiger partial charge in [0, 0.05) is 16.3 Å². The SMILES string of the molecule is Nc1ccc2c(c1)CC(=O)N2Cc1ccc(Br)s1. The van der Waals surface area contributed by atoms with Crippen molar-refractivity contribution in [3.05, 3.63) is 44.6 Å². The minimum absolute atomic E-state index is 0.139. The zero-order valence-electron chi connectivity index (χ0n) is 9.52. The molecule has 18 heavy (non-hydrogen) atoms. The van der Waals surface area contributed by atoms with Crippen LogP contribution in [0, 0.1) is 0 Å². The Kier molecular flexibility index (Phi) is 2.87. The molecule has 0 aliphatic carbocycles. The second-order valence-electron chi connectivity index (χ2n) is 4.25. The molecule has 1 aliphatic heterocycles. The van der Waals surface area contributed by atoms with E-state index < -0.39 is 0 Å². The maximum atomic E-state index is 12.0. The molecular weight excluding hydrogens is 312 g/mol. The van der Waals surface area contributed by atoms with Crippen LogP contribution in [-0.2, 0) is 17.8 Å². The number of carbonyl (C=O) groups excluding carboxylic acids is 1. The van der Waals surface area contributed by atoms with E-state index in [0.717, 1.165) is 15.0 Å². The van der Waals surface area contributed by atoms with E-state index in [4.69, 9.17) is 5.73 Å². The fourth-order valence-electron chi connectivity index (χ4n) is 2.17. The topological polar surface area (TPSA) is 46.3 Å². The Morgan fingerprint density at radius 1 is 1.33 bits per heavy atom.